The molecular weight excluding hydrogens is 550 g/mol. The van der Waals surface area contributed by atoms with Crippen molar-refractivity contribution in [2.45, 2.75) is 44.5 Å². The normalized spacial score (nSPS) is 17.6. The molecule has 0 spiro atoms. The maximum Gasteiger partial charge on any atom is 0.312 e. The van der Waals surface area contributed by atoms with Crippen molar-refractivity contribution in [3.63, 3.8) is 0 Å². The van der Waals surface area contributed by atoms with Crippen LogP contribution in [0.4, 0.5) is 21.7 Å². The summed E-state index contributed by atoms with van der Waals surface area (Å²) in [5, 5.41) is 2.68. The van der Waals surface area contributed by atoms with Gasteiger partial charge in [-0.1, -0.05) is 0 Å². The molecule has 2 heterocycles. The third-order valence-electron chi connectivity index (χ3n) is 5.73. The van der Waals surface area contributed by atoms with E-state index in [0.29, 0.717) is 18.5 Å². The first-order chi connectivity index (χ1) is 15.1. The topological polar surface area (TPSA) is 130 Å². The van der Waals surface area contributed by atoms with Gasteiger partial charge in [-0.25, -0.2) is 13.1 Å². The molecule has 0 bridgehead atoms. The number of hydrogen-bond acceptors (Lipinski definition) is 8. The van der Waals surface area contributed by atoms with Gasteiger partial charge < -0.3 is 16.0 Å². The Morgan fingerprint density at radius 1 is 1.34 bits per heavy atom. The molecule has 0 radical (unpaired) electrons. The zero-order valence-electron chi connectivity index (χ0n) is 17.7. The highest BCUT2D eigenvalue weighted by atomic mass is 127. The van der Waals surface area contributed by atoms with E-state index in [1.165, 1.54) is 0 Å². The fourth-order valence-corrected chi connectivity index (χ4v) is 5.41. The first-order valence-corrected chi connectivity index (χ1v) is 12.9. The fraction of sp³-hybridized carbons (Fsp3) is 0.450. The fourth-order valence-electron chi connectivity index (χ4n) is 3.95. The highest BCUT2D eigenvalue weighted by Crippen LogP contribution is 2.38. The number of hydrogen-bond donors (Lipinski definition) is 3. The average Bonchev–Trinajstić information content (AvgIpc) is 3.23. The van der Waals surface area contributed by atoms with Crippen LogP contribution < -0.4 is 20.7 Å². The minimum absolute atomic E-state index is 0.0124. The number of sulfonamides is 1. The number of rotatable bonds is 7. The van der Waals surface area contributed by atoms with Crippen molar-refractivity contribution < 1.29 is 17.6 Å². The molecule has 0 saturated heterocycles. The predicted octanol–water partition coefficient (Wildman–Crippen LogP) is 2.06. The summed E-state index contributed by atoms with van der Waals surface area (Å²) < 4.78 is 41.8. The molecule has 0 saturated carbocycles. The van der Waals surface area contributed by atoms with Crippen molar-refractivity contribution in [2.75, 3.05) is 29.0 Å². The molecule has 9 nitrogen and oxygen atoms in total. The number of Topliss-reactive ketones (excluding diaryl/α,β-unsaturated/α-hetero) is 1. The molecule has 2 aliphatic rings. The van der Waals surface area contributed by atoms with Crippen LogP contribution in [0.25, 0.3) is 0 Å². The number of aryl methyl sites for hydroxylation is 1. The zero-order valence-corrected chi connectivity index (χ0v) is 20.6. The maximum atomic E-state index is 13.9. The Balaban J connectivity index is 1.61. The van der Waals surface area contributed by atoms with E-state index in [1.807, 2.05) is 12.1 Å². The monoisotopic (exact) mass is 574 g/mol. The molecule has 1 aromatic heterocycles. The number of nitrogen functional groups attached to an aromatic ring is 1. The maximum absolute atomic E-state index is 13.9. The van der Waals surface area contributed by atoms with Crippen molar-refractivity contribution in [2.24, 2.45) is 0 Å². The van der Waals surface area contributed by atoms with Crippen LogP contribution in [-0.4, -0.2) is 48.7 Å². The minimum Gasteiger partial charge on any atom is -0.382 e. The Labute approximate surface area is 199 Å². The summed E-state index contributed by atoms with van der Waals surface area (Å²) >= 11 is 2.25. The number of fused-ring (bicyclic) bond motifs is 2. The molecule has 1 aliphatic heterocycles. The number of nitrogens with two attached hydrogens (primary N) is 1. The van der Waals surface area contributed by atoms with E-state index in [4.69, 9.17) is 5.73 Å². The lowest BCUT2D eigenvalue weighted by atomic mass is 10.0. The van der Waals surface area contributed by atoms with Crippen LogP contribution in [0.15, 0.2) is 12.1 Å². The lowest BCUT2D eigenvalue weighted by Crippen LogP contribution is -2.43. The third-order valence-corrected chi connectivity index (χ3v) is 8.59. The van der Waals surface area contributed by atoms with Crippen LogP contribution in [0, 0.1) is 9.65 Å². The Morgan fingerprint density at radius 3 is 2.81 bits per heavy atom. The first kappa shape index (κ1) is 23.1. The number of anilines is 3. The van der Waals surface area contributed by atoms with Gasteiger partial charge >= 0.3 is 6.08 Å². The summed E-state index contributed by atoms with van der Waals surface area (Å²) in [4.78, 5) is 21.5. The van der Waals surface area contributed by atoms with E-state index in [1.54, 1.807) is 18.7 Å². The number of aromatic nitrogens is 2. The van der Waals surface area contributed by atoms with Crippen molar-refractivity contribution >= 4 is 55.7 Å². The standard InChI is InChI=1S/C20H24FIN6O3S/c1-10(2)32(30,31)24-5-6-28-16(25-17-18(23)26-20(21)27-19(17)28)9-12-7-13-11(8-14(12)22)3-4-15(13)29/h7-8,10,16,24-25H,3-6,9H2,1-2H3,(H2,23,26,27). The number of nitrogens with zero attached hydrogens (tertiary/aromatic N) is 3. The molecule has 1 aliphatic carbocycles. The van der Waals surface area contributed by atoms with Crippen LogP contribution >= 0.6 is 22.6 Å². The van der Waals surface area contributed by atoms with Crippen LogP contribution in [-0.2, 0) is 22.9 Å². The molecule has 1 unspecified atom stereocenters. The van der Waals surface area contributed by atoms with Crippen LogP contribution in [0.1, 0.15) is 41.8 Å². The summed E-state index contributed by atoms with van der Waals surface area (Å²) in [5.41, 5.74) is 9.09. The quantitative estimate of drug-likeness (QED) is 0.339. The van der Waals surface area contributed by atoms with Crippen molar-refractivity contribution in [1.29, 1.82) is 0 Å². The highest BCUT2D eigenvalue weighted by molar-refractivity contribution is 14.1. The lowest BCUT2D eigenvalue weighted by molar-refractivity contribution is 0.0994. The number of ketones is 1. The molecule has 12 heteroatoms. The number of benzene rings is 1. The van der Waals surface area contributed by atoms with Crippen molar-refractivity contribution in [1.82, 2.24) is 14.7 Å². The van der Waals surface area contributed by atoms with Gasteiger partial charge in [0.25, 0.3) is 0 Å². The molecular formula is C20H24FIN6O3S. The number of carbonyl (C=O) groups is 1. The van der Waals surface area contributed by atoms with Crippen LogP contribution in [0.3, 0.4) is 0 Å². The first-order valence-electron chi connectivity index (χ1n) is 10.3. The summed E-state index contributed by atoms with van der Waals surface area (Å²) in [5.74, 6) is 0.412. The van der Waals surface area contributed by atoms with Crippen LogP contribution in [0.2, 0.25) is 0 Å². The summed E-state index contributed by atoms with van der Waals surface area (Å²) in [6, 6.07) is 3.96. The average molecular weight is 574 g/mol. The van der Waals surface area contributed by atoms with Gasteiger partial charge in [0.1, 0.15) is 11.9 Å². The van der Waals surface area contributed by atoms with Gasteiger partial charge in [0, 0.05) is 35.1 Å². The molecule has 172 valence electrons. The summed E-state index contributed by atoms with van der Waals surface area (Å²) in [7, 11) is -3.45. The van der Waals surface area contributed by atoms with Gasteiger partial charge in [0.2, 0.25) is 10.0 Å². The Morgan fingerprint density at radius 2 is 2.09 bits per heavy atom. The van der Waals surface area contributed by atoms with Crippen LogP contribution in [0.5, 0.6) is 0 Å². The Hall–Kier alpha value is -2.06. The third kappa shape index (κ3) is 4.39. The molecule has 0 fully saturated rings. The molecule has 1 aromatic carbocycles. The van der Waals surface area contributed by atoms with E-state index < -0.39 is 21.4 Å². The van der Waals surface area contributed by atoms with E-state index >= 15 is 0 Å². The number of carbonyl (C=O) groups excluding carboxylic acids is 1. The number of halogens is 2. The minimum atomic E-state index is -3.45. The summed E-state index contributed by atoms with van der Waals surface area (Å²) in [6.45, 7) is 3.55. The van der Waals surface area contributed by atoms with Gasteiger partial charge in [-0.3, -0.25) is 4.79 Å². The second-order valence-electron chi connectivity index (χ2n) is 8.15. The zero-order chi connectivity index (χ0) is 23.2. The molecule has 4 N–H and O–H groups in total. The Bertz CT molecular complexity index is 1190. The second-order valence-corrected chi connectivity index (χ2v) is 11.6. The van der Waals surface area contributed by atoms with E-state index in [2.05, 4.69) is 42.6 Å². The Kier molecular flexibility index (Phi) is 6.29. The predicted molar refractivity (Wildman–Crippen MR) is 129 cm³/mol. The van der Waals surface area contributed by atoms with E-state index in [0.717, 1.165) is 26.7 Å². The largest absolute Gasteiger partial charge is 0.382 e. The van der Waals surface area contributed by atoms with E-state index in [-0.39, 0.29) is 36.7 Å². The molecule has 2 aromatic rings. The molecule has 32 heavy (non-hydrogen) atoms. The molecule has 4 rings (SSSR count). The van der Waals surface area contributed by atoms with Gasteiger partial charge in [-0.15, -0.1) is 0 Å². The van der Waals surface area contributed by atoms with Crippen molar-refractivity contribution in [3.8, 4) is 0 Å². The smallest absolute Gasteiger partial charge is 0.312 e. The van der Waals surface area contributed by atoms with E-state index in [9.17, 15) is 17.6 Å². The van der Waals surface area contributed by atoms with Gasteiger partial charge in [0.15, 0.2) is 17.4 Å². The van der Waals surface area contributed by atoms with Crippen molar-refractivity contribution in [3.05, 3.63) is 38.5 Å². The van der Waals surface area contributed by atoms with Gasteiger partial charge in [0.05, 0.1) is 5.25 Å². The molecule has 0 amide bonds. The SMILES string of the molecule is CC(C)S(=O)(=O)NCCN1c2nc(F)nc(N)c2NC1Cc1cc2c(cc1I)CCC2=O. The van der Waals surface area contributed by atoms with Gasteiger partial charge in [-0.05, 0) is 66.1 Å². The second kappa shape index (κ2) is 8.71. The number of nitrogens with one attached hydrogen (secondary N) is 2. The van der Waals surface area contributed by atoms with Gasteiger partial charge in [-0.2, -0.15) is 14.4 Å². The highest BCUT2D eigenvalue weighted by Gasteiger charge is 2.34. The lowest BCUT2D eigenvalue weighted by Gasteiger charge is -2.27. The molecule has 1 atom stereocenters. The summed E-state index contributed by atoms with van der Waals surface area (Å²) in [6.07, 6.45) is 0.442.